The number of hydrogen-bond acceptors (Lipinski definition) is 4. The Kier molecular flexibility index (Phi) is 5.52. The summed E-state index contributed by atoms with van der Waals surface area (Å²) in [6, 6.07) is 4.34. The van der Waals surface area contributed by atoms with Crippen LogP contribution in [0.15, 0.2) is 54.8 Å². The Hall–Kier alpha value is -2.89. The van der Waals surface area contributed by atoms with Gasteiger partial charge in [0.15, 0.2) is 0 Å². The van der Waals surface area contributed by atoms with E-state index in [-0.39, 0.29) is 18.2 Å². The molecule has 2 rings (SSSR count). The largest absolute Gasteiger partial charge is 0.466 e. The second kappa shape index (κ2) is 7.59. The molecule has 0 aliphatic heterocycles. The normalized spacial score (nSPS) is 11.1. The molecule has 0 atom stereocenters. The van der Waals surface area contributed by atoms with Gasteiger partial charge in [0, 0.05) is 11.1 Å². The molecule has 6 heteroatoms. The smallest absolute Gasteiger partial charge is 0.311 e. The highest BCUT2D eigenvalue weighted by atomic mass is 19.1. The predicted octanol–water partition coefficient (Wildman–Crippen LogP) is 2.87. The third kappa shape index (κ3) is 4.32. The van der Waals surface area contributed by atoms with E-state index in [0.717, 1.165) is 5.57 Å². The third-order valence-electron chi connectivity index (χ3n) is 3.29. The van der Waals surface area contributed by atoms with Gasteiger partial charge in [-0.05, 0) is 36.8 Å². The number of carbonyl (C=O) groups excluding carboxylic acids is 1. The first-order valence-electron chi connectivity index (χ1n) is 7.51. The van der Waals surface area contributed by atoms with Crippen molar-refractivity contribution in [3.63, 3.8) is 0 Å². The molecule has 0 aliphatic carbocycles. The van der Waals surface area contributed by atoms with Crippen LogP contribution in [0.25, 0.3) is 10.9 Å². The maximum atomic E-state index is 13.6. The minimum atomic E-state index is -0.372. The van der Waals surface area contributed by atoms with Gasteiger partial charge in [0.1, 0.15) is 5.82 Å². The number of ether oxygens (including phenoxy) is 1. The van der Waals surface area contributed by atoms with Gasteiger partial charge in [0.2, 0.25) is 0 Å². The molecule has 2 N–H and O–H groups in total. The molecule has 1 aromatic carbocycles. The molecule has 0 spiro atoms. The third-order valence-corrected chi connectivity index (χ3v) is 3.29. The summed E-state index contributed by atoms with van der Waals surface area (Å²) in [5.74, 6) is -0.741. The molecule has 1 heterocycles. The maximum absolute atomic E-state index is 13.6. The lowest BCUT2D eigenvalue weighted by Gasteiger charge is -2.03. The van der Waals surface area contributed by atoms with E-state index in [2.05, 4.69) is 18.3 Å². The number of rotatable bonds is 7. The van der Waals surface area contributed by atoms with Crippen molar-refractivity contribution in [3.05, 3.63) is 66.3 Å². The van der Waals surface area contributed by atoms with Crippen LogP contribution in [0.2, 0.25) is 0 Å². The van der Waals surface area contributed by atoms with Gasteiger partial charge < -0.3 is 10.5 Å². The van der Waals surface area contributed by atoms with E-state index in [1.54, 1.807) is 29.8 Å². The SMILES string of the molecule is C=C(N)/C=C\C(=C)Cn1nc(CC(=O)OCC)c2ccc(F)cc21. The summed E-state index contributed by atoms with van der Waals surface area (Å²) in [5.41, 5.74) is 7.76. The quantitative estimate of drug-likeness (QED) is 0.626. The number of aromatic nitrogens is 2. The molecule has 0 bridgehead atoms. The van der Waals surface area contributed by atoms with Crippen molar-refractivity contribution >= 4 is 16.9 Å². The predicted molar refractivity (Wildman–Crippen MR) is 91.6 cm³/mol. The van der Waals surface area contributed by atoms with Crippen molar-refractivity contribution in [2.45, 2.75) is 19.9 Å². The summed E-state index contributed by atoms with van der Waals surface area (Å²) < 4.78 is 20.2. The Morgan fingerprint density at radius 2 is 2.17 bits per heavy atom. The van der Waals surface area contributed by atoms with Gasteiger partial charge in [-0.1, -0.05) is 19.2 Å². The van der Waals surface area contributed by atoms with E-state index in [4.69, 9.17) is 10.5 Å². The molecule has 0 amide bonds. The van der Waals surface area contributed by atoms with E-state index >= 15 is 0 Å². The van der Waals surface area contributed by atoms with Crippen molar-refractivity contribution < 1.29 is 13.9 Å². The highest BCUT2D eigenvalue weighted by Crippen LogP contribution is 2.21. The zero-order valence-corrected chi connectivity index (χ0v) is 13.6. The van der Waals surface area contributed by atoms with Gasteiger partial charge >= 0.3 is 5.97 Å². The van der Waals surface area contributed by atoms with Gasteiger partial charge in [-0.3, -0.25) is 9.48 Å². The maximum Gasteiger partial charge on any atom is 0.311 e. The molecule has 0 saturated carbocycles. The molecule has 0 unspecified atom stereocenters. The number of halogens is 1. The first-order valence-corrected chi connectivity index (χ1v) is 7.51. The summed E-state index contributed by atoms with van der Waals surface area (Å²) in [6.45, 7) is 9.88. The number of esters is 1. The van der Waals surface area contributed by atoms with E-state index in [0.29, 0.717) is 35.4 Å². The van der Waals surface area contributed by atoms with Crippen LogP contribution in [0.5, 0.6) is 0 Å². The summed E-state index contributed by atoms with van der Waals surface area (Å²) in [7, 11) is 0. The summed E-state index contributed by atoms with van der Waals surface area (Å²) >= 11 is 0. The number of hydrogen-bond donors (Lipinski definition) is 1. The molecule has 0 fully saturated rings. The number of nitrogens with two attached hydrogens (primary N) is 1. The molecule has 24 heavy (non-hydrogen) atoms. The van der Waals surface area contributed by atoms with E-state index in [1.807, 2.05) is 0 Å². The molecule has 0 saturated heterocycles. The van der Waals surface area contributed by atoms with Crippen LogP contribution in [-0.2, 0) is 22.5 Å². The summed E-state index contributed by atoms with van der Waals surface area (Å²) in [6.07, 6.45) is 3.39. The minimum Gasteiger partial charge on any atom is -0.466 e. The first-order chi connectivity index (χ1) is 11.4. The zero-order valence-electron chi connectivity index (χ0n) is 13.6. The van der Waals surface area contributed by atoms with Crippen LogP contribution in [0.3, 0.4) is 0 Å². The number of allylic oxidation sites excluding steroid dienone is 3. The van der Waals surface area contributed by atoms with Crippen molar-refractivity contribution in [2.75, 3.05) is 6.61 Å². The van der Waals surface area contributed by atoms with Crippen molar-refractivity contribution in [2.24, 2.45) is 5.73 Å². The van der Waals surface area contributed by atoms with Crippen LogP contribution in [0, 0.1) is 5.82 Å². The lowest BCUT2D eigenvalue weighted by Crippen LogP contribution is -2.09. The highest BCUT2D eigenvalue weighted by molar-refractivity contribution is 5.86. The Morgan fingerprint density at radius 1 is 1.42 bits per heavy atom. The number of fused-ring (bicyclic) bond motifs is 1. The zero-order chi connectivity index (χ0) is 17.7. The molecule has 0 aliphatic rings. The highest BCUT2D eigenvalue weighted by Gasteiger charge is 2.15. The second-order valence-corrected chi connectivity index (χ2v) is 5.31. The van der Waals surface area contributed by atoms with Gasteiger partial charge in [0.05, 0.1) is 30.8 Å². The molecule has 2 aromatic rings. The van der Waals surface area contributed by atoms with Crippen LogP contribution >= 0.6 is 0 Å². The van der Waals surface area contributed by atoms with E-state index in [9.17, 15) is 9.18 Å². The van der Waals surface area contributed by atoms with Crippen LogP contribution in [0.1, 0.15) is 12.6 Å². The van der Waals surface area contributed by atoms with Crippen molar-refractivity contribution in [1.82, 2.24) is 9.78 Å². The monoisotopic (exact) mass is 329 g/mol. The Morgan fingerprint density at radius 3 is 2.83 bits per heavy atom. The van der Waals surface area contributed by atoms with Crippen molar-refractivity contribution in [3.8, 4) is 0 Å². The first kappa shape index (κ1) is 17.5. The standard InChI is InChI=1S/C18H20FN3O2/c1-4-24-18(23)10-16-15-8-7-14(19)9-17(15)22(21-16)11-12(2)5-6-13(3)20/h5-9H,2-4,10-11,20H2,1H3/b6-5-. The average Bonchev–Trinajstić information content (AvgIpc) is 2.82. The molecule has 0 radical (unpaired) electrons. The topological polar surface area (TPSA) is 70.1 Å². The van der Waals surface area contributed by atoms with Crippen LogP contribution < -0.4 is 5.73 Å². The summed E-state index contributed by atoms with van der Waals surface area (Å²) in [5, 5.41) is 5.13. The lowest BCUT2D eigenvalue weighted by molar-refractivity contribution is -0.142. The van der Waals surface area contributed by atoms with E-state index < -0.39 is 0 Å². The van der Waals surface area contributed by atoms with Crippen LogP contribution in [-0.4, -0.2) is 22.4 Å². The molecular weight excluding hydrogens is 309 g/mol. The Bertz CT molecular complexity index is 821. The van der Waals surface area contributed by atoms with Crippen molar-refractivity contribution in [1.29, 1.82) is 0 Å². The molecule has 5 nitrogen and oxygen atoms in total. The van der Waals surface area contributed by atoms with Gasteiger partial charge in [-0.2, -0.15) is 5.10 Å². The average molecular weight is 329 g/mol. The minimum absolute atomic E-state index is 0.0326. The molecule has 1 aromatic heterocycles. The van der Waals surface area contributed by atoms with Gasteiger partial charge in [-0.25, -0.2) is 4.39 Å². The molecule has 126 valence electrons. The Labute approximate surface area is 139 Å². The Balaban J connectivity index is 2.35. The molecular formula is C18H20FN3O2. The fourth-order valence-corrected chi connectivity index (χ4v) is 2.29. The fourth-order valence-electron chi connectivity index (χ4n) is 2.29. The van der Waals surface area contributed by atoms with Gasteiger partial charge in [0.25, 0.3) is 0 Å². The second-order valence-electron chi connectivity index (χ2n) is 5.31. The lowest BCUT2D eigenvalue weighted by atomic mass is 10.1. The van der Waals surface area contributed by atoms with Gasteiger partial charge in [-0.15, -0.1) is 0 Å². The van der Waals surface area contributed by atoms with E-state index in [1.165, 1.54) is 12.1 Å². The number of nitrogens with zero attached hydrogens (tertiary/aromatic N) is 2. The van der Waals surface area contributed by atoms with Crippen LogP contribution in [0.4, 0.5) is 4.39 Å². The summed E-state index contributed by atoms with van der Waals surface area (Å²) in [4.78, 5) is 11.7. The number of carbonyl (C=O) groups is 1. The fraction of sp³-hybridized carbons (Fsp3) is 0.222. The number of benzene rings is 1.